The molecular weight excluding hydrogens is 829 g/mol. The molecule has 4 heteroatoms. The van der Waals surface area contributed by atoms with Crippen LogP contribution in [0.5, 0.6) is 0 Å². The molecule has 68 heavy (non-hydrogen) atoms. The minimum absolute atomic E-state index is 0.535. The van der Waals surface area contributed by atoms with Crippen LogP contribution in [0.25, 0.3) is 76.2 Å². The largest absolute Gasteiger partial charge is 0.454 e. The van der Waals surface area contributed by atoms with Gasteiger partial charge in [0, 0.05) is 43.7 Å². The average molecular weight is 881 g/mol. The van der Waals surface area contributed by atoms with Crippen molar-refractivity contribution >= 4 is 110 Å². The molecule has 2 fully saturated rings. The summed E-state index contributed by atoms with van der Waals surface area (Å²) in [4.78, 5) is 4.86. The maximum Gasteiger partial charge on any atom is 0.159 e. The molecule has 2 heterocycles. The Morgan fingerprint density at radius 2 is 0.676 bits per heavy atom. The highest BCUT2D eigenvalue weighted by Gasteiger charge is 2.28. The van der Waals surface area contributed by atoms with Crippen LogP contribution in [0.15, 0.2) is 191 Å². The van der Waals surface area contributed by atoms with Gasteiger partial charge in [0.25, 0.3) is 0 Å². The number of para-hydroxylation sites is 6. The third-order valence-corrected chi connectivity index (χ3v) is 15.8. The standard InChI is InChI=1S/C64H52N2O2/c1-5-17-41(18-6-1)47-25-13-27-49-51-29-15-31-57(63(51)67-61(47)49)65(45-21-9-3-10-22-45)55-39-35-43-34-38-54-56(40-36-44-33-37-53(55)59(43)60(44)54)66(46-23-11-4-12-24-46)58-32-16-30-52-50-28-14-26-48(62(50)68-64(52)58)42-19-7-2-8-20-42/h3-4,9-16,21-42H,1-2,5-8,17-20H2. The fourth-order valence-corrected chi connectivity index (χ4v) is 12.6. The Morgan fingerprint density at radius 3 is 1.10 bits per heavy atom. The Hall–Kier alpha value is -7.56. The SMILES string of the molecule is c1ccc(N(c2ccc3ccc4c(N(c5ccccc5)c5cccc6c5oc5c(C7CCCCC7)cccc56)ccc5ccc2c3c54)c2cccc3c2oc2c(C4CCCCC4)cccc23)cc1. The van der Waals surface area contributed by atoms with Crippen molar-refractivity contribution in [2.45, 2.75) is 76.0 Å². The van der Waals surface area contributed by atoms with E-state index < -0.39 is 0 Å². The molecule has 0 radical (unpaired) electrons. The zero-order chi connectivity index (χ0) is 44.7. The Morgan fingerprint density at radius 1 is 0.294 bits per heavy atom. The van der Waals surface area contributed by atoms with Crippen molar-refractivity contribution in [2.24, 2.45) is 0 Å². The van der Waals surface area contributed by atoms with Gasteiger partial charge in [0.2, 0.25) is 0 Å². The molecule has 14 rings (SSSR count). The van der Waals surface area contributed by atoms with Crippen molar-refractivity contribution in [1.82, 2.24) is 0 Å². The number of rotatable bonds is 8. The smallest absolute Gasteiger partial charge is 0.159 e. The van der Waals surface area contributed by atoms with E-state index in [2.05, 4.69) is 192 Å². The molecule has 0 spiro atoms. The lowest BCUT2D eigenvalue weighted by molar-refractivity contribution is 0.442. The van der Waals surface area contributed by atoms with Crippen molar-refractivity contribution in [3.05, 3.63) is 193 Å². The zero-order valence-electron chi connectivity index (χ0n) is 38.3. The third kappa shape index (κ3) is 6.19. The van der Waals surface area contributed by atoms with Crippen LogP contribution in [0.3, 0.4) is 0 Å². The Labute approximate surface area is 396 Å². The van der Waals surface area contributed by atoms with Gasteiger partial charge in [-0.3, -0.25) is 0 Å². The summed E-state index contributed by atoms with van der Waals surface area (Å²) in [6.45, 7) is 0. The summed E-state index contributed by atoms with van der Waals surface area (Å²) in [6.07, 6.45) is 12.7. The fourth-order valence-electron chi connectivity index (χ4n) is 12.6. The first kappa shape index (κ1) is 39.6. The summed E-state index contributed by atoms with van der Waals surface area (Å²) in [7, 11) is 0. The van der Waals surface area contributed by atoms with Crippen molar-refractivity contribution in [1.29, 1.82) is 0 Å². The van der Waals surface area contributed by atoms with E-state index in [1.54, 1.807) is 0 Å². The molecule has 0 unspecified atom stereocenters. The number of hydrogen-bond acceptors (Lipinski definition) is 4. The second kappa shape index (κ2) is 16.1. The summed E-state index contributed by atoms with van der Waals surface area (Å²) in [5.41, 5.74) is 13.1. The van der Waals surface area contributed by atoms with Gasteiger partial charge in [0.05, 0.1) is 22.7 Å². The van der Waals surface area contributed by atoms with E-state index in [0.717, 1.165) is 67.2 Å². The van der Waals surface area contributed by atoms with Gasteiger partial charge < -0.3 is 18.6 Å². The second-order valence-corrected chi connectivity index (χ2v) is 19.6. The second-order valence-electron chi connectivity index (χ2n) is 19.6. The summed E-state index contributed by atoms with van der Waals surface area (Å²) in [6, 6.07) is 67.2. The van der Waals surface area contributed by atoms with Gasteiger partial charge in [-0.05, 0) is 119 Å². The Bertz CT molecular complexity index is 3580. The van der Waals surface area contributed by atoms with Crippen molar-refractivity contribution < 1.29 is 8.83 Å². The van der Waals surface area contributed by atoms with E-state index >= 15 is 0 Å². The van der Waals surface area contributed by atoms with Gasteiger partial charge in [-0.2, -0.15) is 0 Å². The van der Waals surface area contributed by atoms with Crippen LogP contribution >= 0.6 is 0 Å². The normalized spacial score (nSPS) is 15.2. The van der Waals surface area contributed by atoms with Crippen LogP contribution in [0.4, 0.5) is 34.1 Å². The van der Waals surface area contributed by atoms with Crippen molar-refractivity contribution in [2.75, 3.05) is 9.80 Å². The maximum atomic E-state index is 7.18. The van der Waals surface area contributed by atoms with Crippen molar-refractivity contribution in [3.63, 3.8) is 0 Å². The van der Waals surface area contributed by atoms with Crippen LogP contribution in [0, 0.1) is 0 Å². The molecule has 0 N–H and O–H groups in total. The third-order valence-electron chi connectivity index (χ3n) is 15.8. The molecule has 10 aromatic carbocycles. The molecule has 12 aromatic rings. The number of fused-ring (bicyclic) bond motifs is 6. The fraction of sp³-hybridized carbons (Fsp3) is 0.188. The highest BCUT2D eigenvalue weighted by atomic mass is 16.3. The molecule has 330 valence electrons. The highest BCUT2D eigenvalue weighted by Crippen LogP contribution is 2.51. The first-order chi connectivity index (χ1) is 33.8. The monoisotopic (exact) mass is 880 g/mol. The van der Waals surface area contributed by atoms with E-state index in [0.29, 0.717) is 11.8 Å². The van der Waals surface area contributed by atoms with Crippen LogP contribution in [-0.2, 0) is 0 Å². The molecule has 4 nitrogen and oxygen atoms in total. The summed E-state index contributed by atoms with van der Waals surface area (Å²) in [5, 5.41) is 12.0. The summed E-state index contributed by atoms with van der Waals surface area (Å²) in [5.74, 6) is 1.07. The minimum Gasteiger partial charge on any atom is -0.454 e. The molecular formula is C64H52N2O2. The molecule has 0 amide bonds. The Kier molecular flexibility index (Phi) is 9.35. The predicted octanol–water partition coefficient (Wildman–Crippen LogP) is 19.4. The van der Waals surface area contributed by atoms with Gasteiger partial charge in [-0.15, -0.1) is 0 Å². The molecule has 2 saturated carbocycles. The summed E-state index contributed by atoms with van der Waals surface area (Å²) < 4.78 is 14.4. The topological polar surface area (TPSA) is 32.8 Å². The van der Waals surface area contributed by atoms with E-state index in [9.17, 15) is 0 Å². The van der Waals surface area contributed by atoms with E-state index in [4.69, 9.17) is 8.83 Å². The van der Waals surface area contributed by atoms with Gasteiger partial charge >= 0.3 is 0 Å². The van der Waals surface area contributed by atoms with Gasteiger partial charge in [0.1, 0.15) is 11.2 Å². The predicted molar refractivity (Wildman–Crippen MR) is 286 cm³/mol. The molecule has 0 atom stereocenters. The number of furan rings is 2. The molecule has 0 bridgehead atoms. The maximum absolute atomic E-state index is 7.18. The molecule has 0 saturated heterocycles. The minimum atomic E-state index is 0.535. The van der Waals surface area contributed by atoms with Gasteiger partial charge in [-0.1, -0.05) is 172 Å². The highest BCUT2D eigenvalue weighted by molar-refractivity contribution is 6.28. The lowest BCUT2D eigenvalue weighted by atomic mass is 9.83. The van der Waals surface area contributed by atoms with E-state index in [1.807, 2.05) is 0 Å². The quantitative estimate of drug-likeness (QED) is 0.142. The van der Waals surface area contributed by atoms with Gasteiger partial charge in [-0.25, -0.2) is 0 Å². The van der Waals surface area contributed by atoms with Crippen LogP contribution in [0.2, 0.25) is 0 Å². The van der Waals surface area contributed by atoms with Crippen LogP contribution in [0.1, 0.15) is 87.2 Å². The number of hydrogen-bond donors (Lipinski definition) is 0. The first-order valence-corrected chi connectivity index (χ1v) is 25.1. The van der Waals surface area contributed by atoms with E-state index in [-0.39, 0.29) is 0 Å². The average Bonchev–Trinajstić information content (AvgIpc) is 4.00. The Balaban J connectivity index is 0.981. The first-order valence-electron chi connectivity index (χ1n) is 25.1. The lowest BCUT2D eigenvalue weighted by Crippen LogP contribution is -2.11. The zero-order valence-corrected chi connectivity index (χ0v) is 38.3. The molecule has 2 aliphatic rings. The molecule has 2 aromatic heterocycles. The molecule has 2 aliphatic carbocycles. The summed E-state index contributed by atoms with van der Waals surface area (Å²) >= 11 is 0. The van der Waals surface area contributed by atoms with Crippen molar-refractivity contribution in [3.8, 4) is 0 Å². The molecule has 0 aliphatic heterocycles. The van der Waals surface area contributed by atoms with E-state index in [1.165, 1.54) is 118 Å². The number of nitrogens with zero attached hydrogens (tertiary/aromatic N) is 2. The van der Waals surface area contributed by atoms with Crippen LogP contribution < -0.4 is 9.80 Å². The number of anilines is 6. The lowest BCUT2D eigenvalue weighted by Gasteiger charge is -2.29. The van der Waals surface area contributed by atoms with Gasteiger partial charge in [0.15, 0.2) is 11.2 Å². The number of benzene rings is 10. The van der Waals surface area contributed by atoms with Crippen LogP contribution in [-0.4, -0.2) is 0 Å².